The van der Waals surface area contributed by atoms with E-state index < -0.39 is 17.5 Å². The van der Waals surface area contributed by atoms with Crippen molar-refractivity contribution in [1.82, 2.24) is 5.32 Å². The molecule has 0 fully saturated rings. The number of benzene rings is 1. The Balaban J connectivity index is 2.96. The largest absolute Gasteiger partial charge is 0.480 e. The van der Waals surface area contributed by atoms with Gasteiger partial charge in [0, 0.05) is 12.2 Å². The molecule has 1 unspecified atom stereocenters. The van der Waals surface area contributed by atoms with Crippen LogP contribution in [-0.4, -0.2) is 29.2 Å². The number of para-hydroxylation sites is 1. The fourth-order valence-electron chi connectivity index (χ4n) is 1.71. The van der Waals surface area contributed by atoms with E-state index in [2.05, 4.69) is 5.32 Å². The first-order valence-electron chi connectivity index (χ1n) is 6.69. The Labute approximate surface area is 124 Å². The van der Waals surface area contributed by atoms with Crippen LogP contribution in [0.3, 0.4) is 0 Å². The summed E-state index contributed by atoms with van der Waals surface area (Å²) < 4.78 is 0. The molecule has 0 saturated carbocycles. The molecule has 0 bridgehead atoms. The Morgan fingerprint density at radius 1 is 1.38 bits per heavy atom. The van der Waals surface area contributed by atoms with E-state index in [0.717, 1.165) is 0 Å². The molecule has 21 heavy (non-hydrogen) atoms. The maximum absolute atomic E-state index is 12.4. The van der Waals surface area contributed by atoms with Crippen molar-refractivity contribution in [3.8, 4) is 6.07 Å². The third-order valence-electron chi connectivity index (χ3n) is 3.32. The van der Waals surface area contributed by atoms with Crippen LogP contribution >= 0.6 is 0 Å². The zero-order chi connectivity index (χ0) is 15.9. The summed E-state index contributed by atoms with van der Waals surface area (Å²) >= 11 is 0. The van der Waals surface area contributed by atoms with E-state index in [9.17, 15) is 14.7 Å². The molecule has 0 aliphatic carbocycles. The number of hydrogen-bond acceptors (Lipinski definition) is 3. The number of aliphatic carboxylic acids is 1. The lowest BCUT2D eigenvalue weighted by atomic mass is 10.00. The van der Waals surface area contributed by atoms with Gasteiger partial charge in [0.05, 0.1) is 12.5 Å². The van der Waals surface area contributed by atoms with Gasteiger partial charge in [-0.2, -0.15) is 5.26 Å². The summed E-state index contributed by atoms with van der Waals surface area (Å²) in [6.45, 7) is 3.35. The molecule has 1 rings (SSSR count). The average molecular weight is 289 g/mol. The molecule has 0 spiro atoms. The second kappa shape index (κ2) is 7.29. The molecule has 0 saturated heterocycles. The standard InChI is InChI=1S/C15H19N3O3/c1-3-15(2,13(19)20)17-14(21)18(11-7-10-16)12-8-5-4-6-9-12/h4-6,8-9H,3,7,11H2,1-2H3,(H,17,21)(H,19,20). The van der Waals surface area contributed by atoms with Crippen molar-refractivity contribution in [2.24, 2.45) is 0 Å². The Hall–Kier alpha value is -2.55. The summed E-state index contributed by atoms with van der Waals surface area (Å²) in [5.41, 5.74) is -0.717. The van der Waals surface area contributed by atoms with E-state index in [1.54, 1.807) is 31.2 Å². The van der Waals surface area contributed by atoms with Crippen molar-refractivity contribution < 1.29 is 14.7 Å². The van der Waals surface area contributed by atoms with Crippen LogP contribution in [0.1, 0.15) is 26.7 Å². The number of anilines is 1. The predicted molar refractivity (Wildman–Crippen MR) is 78.9 cm³/mol. The number of carbonyl (C=O) groups excluding carboxylic acids is 1. The molecule has 0 radical (unpaired) electrons. The highest BCUT2D eigenvalue weighted by Crippen LogP contribution is 2.16. The summed E-state index contributed by atoms with van der Waals surface area (Å²) in [6, 6.07) is 10.3. The number of hydrogen-bond donors (Lipinski definition) is 2. The van der Waals surface area contributed by atoms with Crippen LogP contribution in [-0.2, 0) is 4.79 Å². The molecule has 0 heterocycles. The van der Waals surface area contributed by atoms with E-state index in [1.165, 1.54) is 11.8 Å². The van der Waals surface area contributed by atoms with Gasteiger partial charge in [-0.05, 0) is 25.5 Å². The van der Waals surface area contributed by atoms with Crippen molar-refractivity contribution in [3.63, 3.8) is 0 Å². The van der Waals surface area contributed by atoms with Crippen LogP contribution in [0.2, 0.25) is 0 Å². The molecule has 6 nitrogen and oxygen atoms in total. The van der Waals surface area contributed by atoms with Gasteiger partial charge in [0.1, 0.15) is 5.54 Å². The highest BCUT2D eigenvalue weighted by Gasteiger charge is 2.34. The maximum Gasteiger partial charge on any atom is 0.329 e. The minimum atomic E-state index is -1.34. The molecule has 2 amide bonds. The van der Waals surface area contributed by atoms with Crippen molar-refractivity contribution in [1.29, 1.82) is 5.26 Å². The van der Waals surface area contributed by atoms with Crippen LogP contribution in [0.5, 0.6) is 0 Å². The molecule has 1 aromatic rings. The van der Waals surface area contributed by atoms with Crippen molar-refractivity contribution >= 4 is 17.7 Å². The monoisotopic (exact) mass is 289 g/mol. The molecule has 0 aliphatic heterocycles. The zero-order valence-corrected chi connectivity index (χ0v) is 12.2. The molecule has 0 aliphatic rings. The highest BCUT2D eigenvalue weighted by molar-refractivity contribution is 5.95. The number of nitrogens with one attached hydrogen (secondary N) is 1. The SMILES string of the molecule is CCC(C)(NC(=O)N(CCC#N)c1ccccc1)C(=O)O. The third-order valence-corrected chi connectivity index (χ3v) is 3.32. The van der Waals surface area contributed by atoms with Crippen LogP contribution in [0, 0.1) is 11.3 Å². The molecule has 2 N–H and O–H groups in total. The fraction of sp³-hybridized carbons (Fsp3) is 0.400. The van der Waals surface area contributed by atoms with E-state index in [0.29, 0.717) is 5.69 Å². The minimum absolute atomic E-state index is 0.165. The lowest BCUT2D eigenvalue weighted by Crippen LogP contribution is -2.56. The van der Waals surface area contributed by atoms with Crippen LogP contribution in [0.4, 0.5) is 10.5 Å². The molecule has 1 atom stereocenters. The van der Waals surface area contributed by atoms with E-state index in [1.807, 2.05) is 12.1 Å². The van der Waals surface area contributed by atoms with Crippen molar-refractivity contribution in [3.05, 3.63) is 30.3 Å². The number of urea groups is 1. The van der Waals surface area contributed by atoms with Gasteiger partial charge in [-0.15, -0.1) is 0 Å². The van der Waals surface area contributed by atoms with E-state index >= 15 is 0 Å². The Kier molecular flexibility index (Phi) is 5.73. The van der Waals surface area contributed by atoms with Crippen molar-refractivity contribution in [2.45, 2.75) is 32.2 Å². The zero-order valence-electron chi connectivity index (χ0n) is 12.2. The summed E-state index contributed by atoms with van der Waals surface area (Å²) in [5.74, 6) is -1.09. The molecular weight excluding hydrogens is 270 g/mol. The van der Waals surface area contributed by atoms with E-state index in [-0.39, 0.29) is 19.4 Å². The normalized spacial score (nSPS) is 12.8. The topological polar surface area (TPSA) is 93.4 Å². The van der Waals surface area contributed by atoms with E-state index in [4.69, 9.17) is 5.26 Å². The average Bonchev–Trinajstić information content (AvgIpc) is 2.48. The van der Waals surface area contributed by atoms with Crippen LogP contribution in [0.25, 0.3) is 0 Å². The fourth-order valence-corrected chi connectivity index (χ4v) is 1.71. The third kappa shape index (κ3) is 4.21. The molecule has 0 aromatic heterocycles. The van der Waals surface area contributed by atoms with Crippen LogP contribution in [0.15, 0.2) is 30.3 Å². The lowest BCUT2D eigenvalue weighted by molar-refractivity contribution is -0.143. The quantitative estimate of drug-likeness (QED) is 0.840. The van der Waals surface area contributed by atoms with Gasteiger partial charge in [-0.3, -0.25) is 4.90 Å². The van der Waals surface area contributed by atoms with Crippen LogP contribution < -0.4 is 10.2 Å². The van der Waals surface area contributed by atoms with Gasteiger partial charge in [0.2, 0.25) is 0 Å². The molecule has 1 aromatic carbocycles. The Morgan fingerprint density at radius 3 is 2.48 bits per heavy atom. The molecule has 6 heteroatoms. The summed E-state index contributed by atoms with van der Waals surface area (Å²) in [7, 11) is 0. The van der Waals surface area contributed by atoms with Crippen molar-refractivity contribution in [2.75, 3.05) is 11.4 Å². The first kappa shape index (κ1) is 16.5. The Bertz CT molecular complexity index is 539. The first-order valence-corrected chi connectivity index (χ1v) is 6.69. The smallest absolute Gasteiger partial charge is 0.329 e. The maximum atomic E-state index is 12.4. The number of rotatable bonds is 6. The van der Waals surface area contributed by atoms with Gasteiger partial charge in [-0.25, -0.2) is 9.59 Å². The number of amides is 2. The molecule has 112 valence electrons. The van der Waals surface area contributed by atoms with Gasteiger partial charge in [0.15, 0.2) is 0 Å². The second-order valence-electron chi connectivity index (χ2n) is 4.82. The van der Waals surface area contributed by atoms with Gasteiger partial charge in [0.25, 0.3) is 0 Å². The number of carboxylic acids is 1. The number of nitrogens with zero attached hydrogens (tertiary/aromatic N) is 2. The number of carboxylic acid groups (broad SMARTS) is 1. The van der Waals surface area contributed by atoms with Gasteiger partial charge < -0.3 is 10.4 Å². The van der Waals surface area contributed by atoms with Gasteiger partial charge in [-0.1, -0.05) is 25.1 Å². The lowest BCUT2D eigenvalue weighted by Gasteiger charge is -2.29. The highest BCUT2D eigenvalue weighted by atomic mass is 16.4. The summed E-state index contributed by atoms with van der Waals surface area (Å²) in [6.07, 6.45) is 0.424. The minimum Gasteiger partial charge on any atom is -0.480 e. The Morgan fingerprint density at radius 2 is 2.00 bits per heavy atom. The summed E-state index contributed by atoms with van der Waals surface area (Å²) in [5, 5.41) is 20.5. The predicted octanol–water partition coefficient (Wildman–Crippen LogP) is 2.37. The number of carbonyl (C=O) groups is 2. The van der Waals surface area contributed by atoms with Gasteiger partial charge >= 0.3 is 12.0 Å². The molecular formula is C15H19N3O3. The second-order valence-corrected chi connectivity index (χ2v) is 4.82. The summed E-state index contributed by atoms with van der Waals surface area (Å²) in [4.78, 5) is 25.0. The number of nitriles is 1. The first-order chi connectivity index (χ1) is 9.94.